The second-order valence-electron chi connectivity index (χ2n) is 4.15. The fraction of sp³-hybridized carbons (Fsp3) is 0.308. The summed E-state index contributed by atoms with van der Waals surface area (Å²) in [4.78, 5) is 34.4. The third kappa shape index (κ3) is 2.48. The van der Waals surface area contributed by atoms with E-state index in [0.29, 0.717) is 22.4 Å². The van der Waals surface area contributed by atoms with Gasteiger partial charge in [0.2, 0.25) is 5.78 Å². The monoisotopic (exact) mass is 263 g/mol. The molecule has 0 bridgehead atoms. The van der Waals surface area contributed by atoms with Crippen LogP contribution in [-0.4, -0.2) is 31.9 Å². The molecular weight excluding hydrogens is 250 g/mol. The van der Waals surface area contributed by atoms with E-state index in [1.54, 1.807) is 6.07 Å². The molecule has 0 aromatic heterocycles. The van der Waals surface area contributed by atoms with Crippen LogP contribution in [-0.2, 0) is 32.1 Å². The summed E-state index contributed by atoms with van der Waals surface area (Å²) in [5.41, 5.74) is 2.07. The van der Waals surface area contributed by atoms with Crippen LogP contribution >= 0.6 is 0 Å². The summed E-state index contributed by atoms with van der Waals surface area (Å²) in [5, 5.41) is 2.46. The SMILES string of the molecule is COCc1cc2c(cc1C(=O)OC)NC(=O)C(=O)C2. The van der Waals surface area contributed by atoms with Crippen molar-refractivity contribution in [3.63, 3.8) is 0 Å². The van der Waals surface area contributed by atoms with E-state index >= 15 is 0 Å². The fourth-order valence-corrected chi connectivity index (χ4v) is 1.98. The zero-order valence-corrected chi connectivity index (χ0v) is 10.6. The highest BCUT2D eigenvalue weighted by molar-refractivity contribution is 6.42. The summed E-state index contributed by atoms with van der Waals surface area (Å²) < 4.78 is 9.71. The van der Waals surface area contributed by atoms with Gasteiger partial charge in [-0.05, 0) is 17.2 Å². The molecule has 6 heteroatoms. The Bertz CT molecular complexity index is 564. The maximum absolute atomic E-state index is 11.7. The zero-order chi connectivity index (χ0) is 14.0. The quantitative estimate of drug-likeness (QED) is 0.640. The average molecular weight is 263 g/mol. The number of rotatable bonds is 3. The van der Waals surface area contributed by atoms with Gasteiger partial charge in [0.1, 0.15) is 0 Å². The molecule has 1 aliphatic heterocycles. The number of fused-ring (bicyclic) bond motifs is 1. The van der Waals surface area contributed by atoms with E-state index in [1.807, 2.05) is 0 Å². The second kappa shape index (κ2) is 5.19. The molecule has 0 radical (unpaired) electrons. The Hall–Kier alpha value is -2.21. The standard InChI is InChI=1S/C13H13NO5/c1-18-6-8-3-7-4-11(15)12(16)14-10(7)5-9(8)13(17)19-2/h3,5H,4,6H2,1-2H3,(H,14,16). The fourth-order valence-electron chi connectivity index (χ4n) is 1.98. The highest BCUT2D eigenvalue weighted by Crippen LogP contribution is 2.26. The number of carbonyl (C=O) groups is 3. The Morgan fingerprint density at radius 2 is 2.05 bits per heavy atom. The van der Waals surface area contributed by atoms with Gasteiger partial charge in [0, 0.05) is 19.2 Å². The minimum atomic E-state index is -0.664. The largest absolute Gasteiger partial charge is 0.465 e. The molecule has 1 aromatic carbocycles. The van der Waals surface area contributed by atoms with Crippen LogP contribution in [0.25, 0.3) is 0 Å². The number of esters is 1. The first kappa shape index (κ1) is 13.2. The summed E-state index contributed by atoms with van der Waals surface area (Å²) in [7, 11) is 2.79. The normalized spacial score (nSPS) is 13.8. The van der Waals surface area contributed by atoms with Crippen LogP contribution in [0.15, 0.2) is 12.1 Å². The number of ketones is 1. The molecule has 1 amide bonds. The van der Waals surface area contributed by atoms with Crippen molar-refractivity contribution >= 4 is 23.3 Å². The predicted octanol–water partition coefficient (Wildman–Crippen LogP) is 0.683. The molecule has 0 aliphatic carbocycles. The number of benzene rings is 1. The Kier molecular flexibility index (Phi) is 3.62. The molecule has 0 unspecified atom stereocenters. The van der Waals surface area contributed by atoms with E-state index in [2.05, 4.69) is 10.1 Å². The molecule has 1 N–H and O–H groups in total. The van der Waals surface area contributed by atoms with Crippen molar-refractivity contribution in [1.29, 1.82) is 0 Å². The molecule has 19 heavy (non-hydrogen) atoms. The van der Waals surface area contributed by atoms with E-state index in [9.17, 15) is 14.4 Å². The number of hydrogen-bond donors (Lipinski definition) is 1. The van der Waals surface area contributed by atoms with E-state index in [4.69, 9.17) is 4.74 Å². The molecular formula is C13H13NO5. The van der Waals surface area contributed by atoms with Crippen molar-refractivity contribution in [2.75, 3.05) is 19.5 Å². The Morgan fingerprint density at radius 3 is 2.68 bits per heavy atom. The van der Waals surface area contributed by atoms with Crippen LogP contribution in [0.1, 0.15) is 21.5 Å². The number of carbonyl (C=O) groups excluding carboxylic acids is 3. The molecule has 2 rings (SSSR count). The van der Waals surface area contributed by atoms with Gasteiger partial charge < -0.3 is 14.8 Å². The van der Waals surface area contributed by atoms with Crippen molar-refractivity contribution in [3.05, 3.63) is 28.8 Å². The molecule has 0 fully saturated rings. The first-order chi connectivity index (χ1) is 9.06. The van der Waals surface area contributed by atoms with Crippen molar-refractivity contribution < 1.29 is 23.9 Å². The lowest BCUT2D eigenvalue weighted by Gasteiger charge is -2.18. The van der Waals surface area contributed by atoms with Gasteiger partial charge in [-0.3, -0.25) is 9.59 Å². The molecule has 1 aromatic rings. The lowest BCUT2D eigenvalue weighted by atomic mass is 9.96. The van der Waals surface area contributed by atoms with E-state index in [-0.39, 0.29) is 13.0 Å². The van der Waals surface area contributed by atoms with Crippen LogP contribution < -0.4 is 5.32 Å². The minimum Gasteiger partial charge on any atom is -0.465 e. The molecule has 100 valence electrons. The summed E-state index contributed by atoms with van der Waals surface area (Å²) in [6.07, 6.45) is 0.0271. The summed E-state index contributed by atoms with van der Waals surface area (Å²) in [6, 6.07) is 3.20. The lowest BCUT2D eigenvalue weighted by molar-refractivity contribution is -0.134. The van der Waals surface area contributed by atoms with Gasteiger partial charge in [0.15, 0.2) is 0 Å². The van der Waals surface area contributed by atoms with Crippen molar-refractivity contribution in [2.24, 2.45) is 0 Å². The van der Waals surface area contributed by atoms with Crippen molar-refractivity contribution in [3.8, 4) is 0 Å². The Labute approximate surface area is 109 Å². The highest BCUT2D eigenvalue weighted by Gasteiger charge is 2.26. The van der Waals surface area contributed by atoms with E-state index in [1.165, 1.54) is 20.3 Å². The third-order valence-corrected chi connectivity index (χ3v) is 2.89. The van der Waals surface area contributed by atoms with Gasteiger partial charge in [-0.1, -0.05) is 6.07 Å². The zero-order valence-electron chi connectivity index (χ0n) is 10.6. The van der Waals surface area contributed by atoms with Gasteiger partial charge in [-0.25, -0.2) is 4.79 Å². The maximum atomic E-state index is 11.7. The number of methoxy groups -OCH3 is 2. The first-order valence-electron chi connectivity index (χ1n) is 5.64. The summed E-state index contributed by atoms with van der Waals surface area (Å²) in [6.45, 7) is 0.222. The number of nitrogens with one attached hydrogen (secondary N) is 1. The van der Waals surface area contributed by atoms with Gasteiger partial charge >= 0.3 is 5.97 Å². The third-order valence-electron chi connectivity index (χ3n) is 2.89. The molecule has 6 nitrogen and oxygen atoms in total. The smallest absolute Gasteiger partial charge is 0.338 e. The van der Waals surface area contributed by atoms with Gasteiger partial charge in [0.25, 0.3) is 5.91 Å². The lowest BCUT2D eigenvalue weighted by Crippen LogP contribution is -2.30. The maximum Gasteiger partial charge on any atom is 0.338 e. The summed E-state index contributed by atoms with van der Waals surface area (Å²) >= 11 is 0. The molecule has 1 aliphatic rings. The Morgan fingerprint density at radius 1 is 1.32 bits per heavy atom. The predicted molar refractivity (Wildman–Crippen MR) is 65.8 cm³/mol. The molecule has 1 heterocycles. The van der Waals surface area contributed by atoms with Crippen LogP contribution in [0.5, 0.6) is 0 Å². The number of ether oxygens (including phenoxy) is 2. The van der Waals surface area contributed by atoms with Gasteiger partial charge in [-0.2, -0.15) is 0 Å². The van der Waals surface area contributed by atoms with Gasteiger partial charge in [-0.15, -0.1) is 0 Å². The van der Waals surface area contributed by atoms with E-state index < -0.39 is 17.7 Å². The molecule has 0 atom stereocenters. The highest BCUT2D eigenvalue weighted by atomic mass is 16.5. The topological polar surface area (TPSA) is 81.7 Å². The summed E-state index contributed by atoms with van der Waals surface area (Å²) in [5.74, 6) is -1.68. The number of amides is 1. The van der Waals surface area contributed by atoms with Gasteiger partial charge in [0.05, 0.1) is 19.3 Å². The number of Topliss-reactive ketones (excluding diaryl/α,β-unsaturated/α-hetero) is 1. The van der Waals surface area contributed by atoms with Crippen LogP contribution in [0.3, 0.4) is 0 Å². The Balaban J connectivity index is 2.50. The van der Waals surface area contributed by atoms with Crippen molar-refractivity contribution in [2.45, 2.75) is 13.0 Å². The van der Waals surface area contributed by atoms with Crippen molar-refractivity contribution in [1.82, 2.24) is 0 Å². The molecule has 0 spiro atoms. The number of hydrogen-bond acceptors (Lipinski definition) is 5. The second-order valence-corrected chi connectivity index (χ2v) is 4.15. The first-order valence-corrected chi connectivity index (χ1v) is 5.64. The van der Waals surface area contributed by atoms with Crippen LogP contribution in [0, 0.1) is 0 Å². The van der Waals surface area contributed by atoms with E-state index in [0.717, 1.165) is 0 Å². The number of anilines is 1. The minimum absolute atomic E-state index is 0.0271. The molecule has 0 saturated carbocycles. The molecule has 0 saturated heterocycles. The van der Waals surface area contributed by atoms with Crippen LogP contribution in [0.4, 0.5) is 5.69 Å². The average Bonchev–Trinajstić information content (AvgIpc) is 2.39. The van der Waals surface area contributed by atoms with Crippen LogP contribution in [0.2, 0.25) is 0 Å².